The summed E-state index contributed by atoms with van der Waals surface area (Å²) >= 11 is 0. The second kappa shape index (κ2) is 7.61. The minimum absolute atomic E-state index is 0.0528. The SMILES string of the molecule is CCNC(C)CC(=O)N[C@@H](CC(N)=O)C(=O)O. The third kappa shape index (κ3) is 7.29. The number of carbonyl (C=O) groups is 3. The molecule has 0 aliphatic rings. The molecule has 0 heterocycles. The molecule has 7 heteroatoms. The molecule has 0 aromatic carbocycles. The van der Waals surface area contributed by atoms with Crippen molar-refractivity contribution in [3.8, 4) is 0 Å². The molecule has 98 valence electrons. The standard InChI is InChI=1S/C10H19N3O4/c1-3-12-6(2)4-9(15)13-7(10(16)17)5-8(11)14/h6-7,12H,3-5H2,1-2H3,(H2,11,14)(H,13,15)(H,16,17)/t6?,7-/m0/s1. The van der Waals surface area contributed by atoms with Gasteiger partial charge in [0.05, 0.1) is 6.42 Å². The Kier molecular flexibility index (Phi) is 6.88. The number of aliphatic carboxylic acids is 1. The number of rotatable bonds is 8. The number of nitrogens with two attached hydrogens (primary N) is 1. The van der Waals surface area contributed by atoms with E-state index >= 15 is 0 Å². The van der Waals surface area contributed by atoms with E-state index in [9.17, 15) is 14.4 Å². The number of nitrogens with one attached hydrogen (secondary N) is 2. The van der Waals surface area contributed by atoms with Crippen molar-refractivity contribution in [2.45, 2.75) is 38.8 Å². The predicted octanol–water partition coefficient (Wildman–Crippen LogP) is -1.18. The maximum Gasteiger partial charge on any atom is 0.326 e. The molecular weight excluding hydrogens is 226 g/mol. The molecule has 5 N–H and O–H groups in total. The number of amides is 2. The average Bonchev–Trinajstić information content (AvgIpc) is 2.15. The molecule has 0 saturated heterocycles. The Morgan fingerprint density at radius 2 is 1.88 bits per heavy atom. The van der Waals surface area contributed by atoms with E-state index in [0.29, 0.717) is 0 Å². The minimum atomic E-state index is -1.27. The van der Waals surface area contributed by atoms with E-state index in [-0.39, 0.29) is 12.5 Å². The summed E-state index contributed by atoms with van der Waals surface area (Å²) in [6.45, 7) is 4.44. The zero-order valence-electron chi connectivity index (χ0n) is 10.0. The van der Waals surface area contributed by atoms with Gasteiger partial charge in [-0.25, -0.2) is 4.79 Å². The van der Waals surface area contributed by atoms with E-state index in [0.717, 1.165) is 6.54 Å². The highest BCUT2D eigenvalue weighted by molar-refractivity contribution is 5.88. The smallest absolute Gasteiger partial charge is 0.326 e. The van der Waals surface area contributed by atoms with Crippen LogP contribution in [0.15, 0.2) is 0 Å². The summed E-state index contributed by atoms with van der Waals surface area (Å²) in [5, 5.41) is 14.0. The normalized spacial score (nSPS) is 13.8. The Morgan fingerprint density at radius 1 is 1.29 bits per heavy atom. The Hall–Kier alpha value is -1.63. The summed E-state index contributed by atoms with van der Waals surface area (Å²) in [6.07, 6.45) is -0.257. The molecule has 0 aliphatic heterocycles. The van der Waals surface area contributed by atoms with Gasteiger partial charge in [0.15, 0.2) is 0 Å². The van der Waals surface area contributed by atoms with Gasteiger partial charge in [0.1, 0.15) is 6.04 Å². The second-order valence-corrected chi connectivity index (χ2v) is 3.79. The number of carboxylic acid groups (broad SMARTS) is 1. The zero-order valence-corrected chi connectivity index (χ0v) is 10.0. The van der Waals surface area contributed by atoms with E-state index in [2.05, 4.69) is 10.6 Å². The molecule has 0 spiro atoms. The van der Waals surface area contributed by atoms with Gasteiger partial charge in [-0.1, -0.05) is 6.92 Å². The molecule has 17 heavy (non-hydrogen) atoms. The van der Waals surface area contributed by atoms with Crippen LogP contribution in [-0.4, -0.2) is 41.5 Å². The lowest BCUT2D eigenvalue weighted by Crippen LogP contribution is -2.45. The number of hydrogen-bond acceptors (Lipinski definition) is 4. The van der Waals surface area contributed by atoms with Gasteiger partial charge in [-0.15, -0.1) is 0 Å². The molecule has 0 radical (unpaired) electrons. The first-order valence-electron chi connectivity index (χ1n) is 5.40. The molecule has 2 amide bonds. The summed E-state index contributed by atoms with van der Waals surface area (Å²) < 4.78 is 0. The fraction of sp³-hybridized carbons (Fsp3) is 0.700. The summed E-state index contributed by atoms with van der Waals surface area (Å²) in [6, 6.07) is -1.31. The third-order valence-corrected chi connectivity index (χ3v) is 2.08. The van der Waals surface area contributed by atoms with Crippen LogP contribution in [0.3, 0.4) is 0 Å². The fourth-order valence-electron chi connectivity index (χ4n) is 1.35. The quantitative estimate of drug-likeness (QED) is 0.429. The van der Waals surface area contributed by atoms with Crippen LogP contribution in [0.5, 0.6) is 0 Å². The maximum atomic E-state index is 11.5. The van der Waals surface area contributed by atoms with Crippen molar-refractivity contribution < 1.29 is 19.5 Å². The summed E-state index contributed by atoms with van der Waals surface area (Å²) in [5.74, 6) is -2.46. The molecule has 0 aliphatic carbocycles. The van der Waals surface area contributed by atoms with E-state index in [4.69, 9.17) is 10.8 Å². The molecule has 0 aromatic rings. The second-order valence-electron chi connectivity index (χ2n) is 3.79. The van der Waals surface area contributed by atoms with Crippen molar-refractivity contribution in [1.82, 2.24) is 10.6 Å². The topological polar surface area (TPSA) is 122 Å². The predicted molar refractivity (Wildman–Crippen MR) is 61.1 cm³/mol. The first-order valence-corrected chi connectivity index (χ1v) is 5.40. The van der Waals surface area contributed by atoms with Crippen LogP contribution in [-0.2, 0) is 14.4 Å². The Labute approximate surface area is 99.7 Å². The molecule has 0 rings (SSSR count). The molecule has 0 fully saturated rings. The average molecular weight is 245 g/mol. The van der Waals surface area contributed by atoms with Crippen molar-refractivity contribution >= 4 is 17.8 Å². The van der Waals surface area contributed by atoms with Gasteiger partial charge in [-0.05, 0) is 13.5 Å². The first kappa shape index (κ1) is 15.4. The Morgan fingerprint density at radius 3 is 2.29 bits per heavy atom. The highest BCUT2D eigenvalue weighted by Gasteiger charge is 2.22. The minimum Gasteiger partial charge on any atom is -0.480 e. The Balaban J connectivity index is 4.21. The van der Waals surface area contributed by atoms with Gasteiger partial charge in [0.2, 0.25) is 11.8 Å². The van der Waals surface area contributed by atoms with E-state index < -0.39 is 30.2 Å². The van der Waals surface area contributed by atoms with Crippen molar-refractivity contribution in [1.29, 1.82) is 0 Å². The molecule has 0 bridgehead atoms. The highest BCUT2D eigenvalue weighted by Crippen LogP contribution is 1.96. The summed E-state index contributed by atoms with van der Waals surface area (Å²) in [4.78, 5) is 32.8. The largest absolute Gasteiger partial charge is 0.480 e. The third-order valence-electron chi connectivity index (χ3n) is 2.08. The van der Waals surface area contributed by atoms with Gasteiger partial charge in [-0.2, -0.15) is 0 Å². The monoisotopic (exact) mass is 245 g/mol. The van der Waals surface area contributed by atoms with E-state index in [1.807, 2.05) is 13.8 Å². The first-order chi connectivity index (χ1) is 7.86. The molecule has 1 unspecified atom stereocenters. The van der Waals surface area contributed by atoms with Gasteiger partial charge in [0.25, 0.3) is 0 Å². The van der Waals surface area contributed by atoms with Gasteiger partial charge in [-0.3, -0.25) is 9.59 Å². The van der Waals surface area contributed by atoms with Crippen LogP contribution in [0, 0.1) is 0 Å². The van der Waals surface area contributed by atoms with Crippen molar-refractivity contribution in [3.63, 3.8) is 0 Å². The number of carboxylic acids is 1. The zero-order chi connectivity index (χ0) is 13.4. The molecule has 0 saturated carbocycles. The van der Waals surface area contributed by atoms with E-state index in [1.54, 1.807) is 0 Å². The molecule has 7 nitrogen and oxygen atoms in total. The lowest BCUT2D eigenvalue weighted by Gasteiger charge is -2.15. The highest BCUT2D eigenvalue weighted by atomic mass is 16.4. The van der Waals surface area contributed by atoms with Crippen LogP contribution in [0.4, 0.5) is 0 Å². The van der Waals surface area contributed by atoms with Crippen LogP contribution in [0.1, 0.15) is 26.7 Å². The fourth-order valence-corrected chi connectivity index (χ4v) is 1.35. The number of hydrogen-bond donors (Lipinski definition) is 4. The molecular formula is C10H19N3O4. The summed E-state index contributed by atoms with van der Waals surface area (Å²) in [7, 11) is 0. The molecule has 0 aromatic heterocycles. The van der Waals surface area contributed by atoms with Crippen LogP contribution in [0.2, 0.25) is 0 Å². The number of primary amides is 1. The molecule has 2 atom stereocenters. The lowest BCUT2D eigenvalue weighted by atomic mass is 10.1. The van der Waals surface area contributed by atoms with Crippen molar-refractivity contribution in [2.75, 3.05) is 6.54 Å². The van der Waals surface area contributed by atoms with Gasteiger partial charge >= 0.3 is 5.97 Å². The van der Waals surface area contributed by atoms with Crippen LogP contribution < -0.4 is 16.4 Å². The van der Waals surface area contributed by atoms with Gasteiger partial charge < -0.3 is 21.5 Å². The number of carbonyl (C=O) groups excluding carboxylic acids is 2. The van der Waals surface area contributed by atoms with Gasteiger partial charge in [0, 0.05) is 12.5 Å². The summed E-state index contributed by atoms with van der Waals surface area (Å²) in [5.41, 5.74) is 4.89. The van der Waals surface area contributed by atoms with Crippen LogP contribution >= 0.6 is 0 Å². The van der Waals surface area contributed by atoms with Crippen molar-refractivity contribution in [3.05, 3.63) is 0 Å². The Bertz CT molecular complexity index is 293. The van der Waals surface area contributed by atoms with E-state index in [1.165, 1.54) is 0 Å². The van der Waals surface area contributed by atoms with Crippen LogP contribution in [0.25, 0.3) is 0 Å². The maximum absolute atomic E-state index is 11.5. The van der Waals surface area contributed by atoms with Crippen molar-refractivity contribution in [2.24, 2.45) is 5.73 Å². The lowest BCUT2D eigenvalue weighted by molar-refractivity contribution is -0.143.